The molecule has 0 aliphatic heterocycles. The van der Waals surface area contributed by atoms with Gasteiger partial charge in [-0.25, -0.2) is 5.43 Å². The Morgan fingerprint density at radius 3 is 2.89 bits per heavy atom. The van der Waals surface area contributed by atoms with Gasteiger partial charge < -0.3 is 4.57 Å². The summed E-state index contributed by atoms with van der Waals surface area (Å²) in [6, 6.07) is 8.12. The molecule has 18 heavy (non-hydrogen) atoms. The Hall–Kier alpha value is -1.62. The van der Waals surface area contributed by atoms with E-state index in [1.165, 1.54) is 4.70 Å². The standard InChI is InChI=1S/C13H15N3OS/c1-8-7-9(8)12(17)14-15-13-16(2)10-5-3-4-6-11(10)18-13/h3-6,8-9H,7H2,1-2H3,(H,14,17). The zero-order valence-electron chi connectivity index (χ0n) is 10.4. The first-order valence-electron chi connectivity index (χ1n) is 6.05. The van der Waals surface area contributed by atoms with E-state index in [0.717, 1.165) is 16.7 Å². The van der Waals surface area contributed by atoms with Gasteiger partial charge in [0.15, 0.2) is 0 Å². The monoisotopic (exact) mass is 261 g/mol. The Morgan fingerprint density at radius 1 is 1.50 bits per heavy atom. The fraction of sp³-hybridized carbons (Fsp3) is 0.385. The second-order valence-corrected chi connectivity index (χ2v) is 5.83. The number of carbonyl (C=O) groups is 1. The maximum Gasteiger partial charge on any atom is 0.243 e. The van der Waals surface area contributed by atoms with Crippen LogP contribution in [-0.2, 0) is 11.8 Å². The molecule has 1 saturated carbocycles. The number of carbonyl (C=O) groups excluding carboxylic acids is 1. The van der Waals surface area contributed by atoms with E-state index >= 15 is 0 Å². The maximum absolute atomic E-state index is 11.7. The van der Waals surface area contributed by atoms with Crippen LogP contribution in [0.3, 0.4) is 0 Å². The summed E-state index contributed by atoms with van der Waals surface area (Å²) in [6.45, 7) is 2.09. The molecular formula is C13H15N3OS. The minimum absolute atomic E-state index is 0.0416. The normalized spacial score (nSPS) is 23.3. The molecule has 1 aliphatic carbocycles. The topological polar surface area (TPSA) is 46.4 Å². The zero-order chi connectivity index (χ0) is 12.7. The minimum Gasteiger partial charge on any atom is -0.318 e. The average molecular weight is 261 g/mol. The van der Waals surface area contributed by atoms with Crippen LogP contribution < -0.4 is 10.2 Å². The third-order valence-electron chi connectivity index (χ3n) is 3.42. The van der Waals surface area contributed by atoms with Gasteiger partial charge in [0.25, 0.3) is 0 Å². The van der Waals surface area contributed by atoms with E-state index in [9.17, 15) is 4.79 Å². The van der Waals surface area contributed by atoms with E-state index in [1.54, 1.807) is 11.3 Å². The molecule has 0 spiro atoms. The number of aryl methyl sites for hydroxylation is 1. The van der Waals surface area contributed by atoms with Crippen LogP contribution in [-0.4, -0.2) is 10.5 Å². The molecule has 5 heteroatoms. The highest BCUT2D eigenvalue weighted by molar-refractivity contribution is 7.16. The Labute approximate surface area is 109 Å². The summed E-state index contributed by atoms with van der Waals surface area (Å²) in [7, 11) is 1.96. The number of hydrogen-bond acceptors (Lipinski definition) is 3. The number of rotatable bonds is 2. The summed E-state index contributed by atoms with van der Waals surface area (Å²) < 4.78 is 3.17. The van der Waals surface area contributed by atoms with Crippen molar-refractivity contribution in [3.05, 3.63) is 29.1 Å². The van der Waals surface area contributed by atoms with E-state index < -0.39 is 0 Å². The summed E-state index contributed by atoms with van der Waals surface area (Å²) in [6.07, 6.45) is 0.986. The Bertz CT molecular complexity index is 670. The lowest BCUT2D eigenvalue weighted by molar-refractivity contribution is -0.122. The van der Waals surface area contributed by atoms with Gasteiger partial charge in [0.2, 0.25) is 10.7 Å². The van der Waals surface area contributed by atoms with Gasteiger partial charge in [0.1, 0.15) is 0 Å². The van der Waals surface area contributed by atoms with E-state index in [-0.39, 0.29) is 11.8 Å². The van der Waals surface area contributed by atoms with Crippen molar-refractivity contribution in [3.8, 4) is 0 Å². The van der Waals surface area contributed by atoms with Gasteiger partial charge in [-0.2, -0.15) is 0 Å². The molecule has 2 aromatic rings. The lowest BCUT2D eigenvalue weighted by Crippen LogP contribution is -2.24. The van der Waals surface area contributed by atoms with Gasteiger partial charge in [0.05, 0.1) is 10.2 Å². The number of benzene rings is 1. The van der Waals surface area contributed by atoms with E-state index in [4.69, 9.17) is 0 Å². The van der Waals surface area contributed by atoms with Crippen LogP contribution in [0, 0.1) is 11.8 Å². The Kier molecular flexibility index (Phi) is 2.70. The summed E-state index contributed by atoms with van der Waals surface area (Å²) in [5.41, 5.74) is 3.80. The predicted octanol–water partition coefficient (Wildman–Crippen LogP) is 1.83. The van der Waals surface area contributed by atoms with Gasteiger partial charge in [-0.1, -0.05) is 30.4 Å². The third-order valence-corrected chi connectivity index (χ3v) is 4.54. The van der Waals surface area contributed by atoms with Crippen molar-refractivity contribution in [1.29, 1.82) is 0 Å². The highest BCUT2D eigenvalue weighted by Crippen LogP contribution is 2.37. The van der Waals surface area contributed by atoms with Gasteiger partial charge in [-0.15, -0.1) is 5.10 Å². The number of nitrogens with zero attached hydrogens (tertiary/aromatic N) is 2. The number of fused-ring (bicyclic) bond motifs is 1. The molecule has 1 aromatic heterocycles. The minimum atomic E-state index is 0.0416. The van der Waals surface area contributed by atoms with Gasteiger partial charge in [0, 0.05) is 13.0 Å². The third kappa shape index (κ3) is 1.95. The Balaban J connectivity index is 1.89. The lowest BCUT2D eigenvalue weighted by atomic mass is 10.3. The summed E-state index contributed by atoms with van der Waals surface area (Å²) >= 11 is 1.58. The van der Waals surface area contributed by atoms with Crippen LogP contribution in [0.1, 0.15) is 13.3 Å². The number of thiazole rings is 1. The van der Waals surface area contributed by atoms with E-state index in [2.05, 4.69) is 29.6 Å². The number of hydrogen-bond donors (Lipinski definition) is 1. The van der Waals surface area contributed by atoms with Crippen LogP contribution in [0.25, 0.3) is 10.2 Å². The number of para-hydroxylation sites is 1. The SMILES string of the molecule is CC1CC1C(=O)NN=c1sc2ccccc2n1C. The molecule has 0 bridgehead atoms. The summed E-state index contributed by atoms with van der Waals surface area (Å²) in [5, 5.41) is 4.22. The highest BCUT2D eigenvalue weighted by Gasteiger charge is 2.39. The van der Waals surface area contributed by atoms with Crippen molar-refractivity contribution in [3.63, 3.8) is 0 Å². The molecule has 1 N–H and O–H groups in total. The van der Waals surface area contributed by atoms with Crippen LogP contribution >= 0.6 is 11.3 Å². The highest BCUT2D eigenvalue weighted by atomic mass is 32.1. The molecule has 2 unspecified atom stereocenters. The molecule has 1 heterocycles. The molecule has 0 radical (unpaired) electrons. The van der Waals surface area contributed by atoms with Crippen molar-refractivity contribution >= 4 is 27.5 Å². The fourth-order valence-electron chi connectivity index (χ4n) is 2.06. The molecule has 0 saturated heterocycles. The van der Waals surface area contributed by atoms with Crippen LogP contribution in [0.2, 0.25) is 0 Å². The van der Waals surface area contributed by atoms with Crippen LogP contribution in [0.15, 0.2) is 29.4 Å². The van der Waals surface area contributed by atoms with Gasteiger partial charge >= 0.3 is 0 Å². The van der Waals surface area contributed by atoms with Gasteiger partial charge in [-0.05, 0) is 24.5 Å². The molecule has 2 atom stereocenters. The zero-order valence-corrected chi connectivity index (χ0v) is 11.2. The van der Waals surface area contributed by atoms with Crippen molar-refractivity contribution in [2.75, 3.05) is 0 Å². The molecule has 1 aliphatic rings. The van der Waals surface area contributed by atoms with Crippen molar-refractivity contribution in [1.82, 2.24) is 9.99 Å². The van der Waals surface area contributed by atoms with Crippen molar-refractivity contribution < 1.29 is 4.79 Å². The summed E-state index contributed by atoms with van der Waals surface area (Å²) in [4.78, 5) is 12.5. The predicted molar refractivity (Wildman–Crippen MR) is 71.8 cm³/mol. The average Bonchev–Trinajstić information content (AvgIpc) is 3.02. The van der Waals surface area contributed by atoms with E-state index in [1.807, 2.05) is 23.7 Å². The quantitative estimate of drug-likeness (QED) is 0.824. The second kappa shape index (κ2) is 4.24. The molecule has 1 fully saturated rings. The molecule has 4 nitrogen and oxygen atoms in total. The molecule has 1 aromatic carbocycles. The van der Waals surface area contributed by atoms with Crippen LogP contribution in [0.5, 0.6) is 0 Å². The first-order valence-corrected chi connectivity index (χ1v) is 6.86. The first kappa shape index (κ1) is 11.5. The van der Waals surface area contributed by atoms with Crippen LogP contribution in [0.4, 0.5) is 0 Å². The molecule has 1 amide bonds. The second-order valence-electron chi connectivity index (χ2n) is 4.82. The smallest absolute Gasteiger partial charge is 0.243 e. The molecular weight excluding hydrogens is 246 g/mol. The maximum atomic E-state index is 11.7. The van der Waals surface area contributed by atoms with E-state index in [0.29, 0.717) is 5.92 Å². The number of aromatic nitrogens is 1. The molecule has 3 rings (SSSR count). The van der Waals surface area contributed by atoms with Crippen molar-refractivity contribution in [2.24, 2.45) is 24.0 Å². The summed E-state index contributed by atoms with van der Waals surface area (Å²) in [5.74, 6) is 0.713. The first-order chi connectivity index (χ1) is 8.66. The largest absolute Gasteiger partial charge is 0.318 e. The number of amides is 1. The lowest BCUT2D eigenvalue weighted by Gasteiger charge is -1.97. The van der Waals surface area contributed by atoms with Crippen molar-refractivity contribution in [2.45, 2.75) is 13.3 Å². The van der Waals surface area contributed by atoms with Gasteiger partial charge in [-0.3, -0.25) is 4.79 Å². The Morgan fingerprint density at radius 2 is 2.22 bits per heavy atom. The molecule has 94 valence electrons. The fourth-order valence-corrected chi connectivity index (χ4v) is 3.04. The number of nitrogens with one attached hydrogen (secondary N) is 1.